The maximum absolute atomic E-state index is 14.2. The third-order valence-corrected chi connectivity index (χ3v) is 3.90. The van der Waals surface area contributed by atoms with Crippen LogP contribution in [0.15, 0.2) is 35.3 Å². The second-order valence-corrected chi connectivity index (χ2v) is 5.83. The smallest absolute Gasteiger partial charge is 0.149 e. The fraction of sp³-hybridized carbons (Fsp3) is 0.316. The van der Waals surface area contributed by atoms with Crippen LogP contribution < -0.4 is 5.32 Å². The first-order chi connectivity index (χ1) is 10.9. The van der Waals surface area contributed by atoms with Crippen LogP contribution in [0.5, 0.6) is 0 Å². The summed E-state index contributed by atoms with van der Waals surface area (Å²) in [5.41, 5.74) is 5.03. The minimum Gasteiger partial charge on any atom is -0.366 e. The molecule has 1 N–H and O–H groups in total. The summed E-state index contributed by atoms with van der Waals surface area (Å²) in [6.45, 7) is 8.76. The lowest BCUT2D eigenvalue weighted by Crippen LogP contribution is -2.14. The van der Waals surface area contributed by atoms with E-state index in [4.69, 9.17) is 0 Å². The van der Waals surface area contributed by atoms with Crippen LogP contribution in [0.25, 0.3) is 0 Å². The van der Waals surface area contributed by atoms with Gasteiger partial charge in [-0.15, -0.1) is 0 Å². The van der Waals surface area contributed by atoms with Gasteiger partial charge in [0.25, 0.3) is 0 Å². The molecular formula is C19H24FN3. The number of benzene rings is 2. The predicted octanol–water partition coefficient (Wildman–Crippen LogP) is 5.11. The van der Waals surface area contributed by atoms with Gasteiger partial charge in [-0.3, -0.25) is 0 Å². The molecule has 4 heteroatoms. The third-order valence-electron chi connectivity index (χ3n) is 3.90. The Labute approximate surface area is 137 Å². The van der Waals surface area contributed by atoms with Crippen LogP contribution in [-0.2, 0) is 0 Å². The number of rotatable bonds is 5. The number of nitrogens with one attached hydrogen (secondary N) is 1. The summed E-state index contributed by atoms with van der Waals surface area (Å²) in [6, 6.07) is 9.39. The van der Waals surface area contributed by atoms with Crippen LogP contribution in [0, 0.1) is 26.6 Å². The SMILES string of the molecule is CCN(C)C=Nc1cc(C)c(Nc2cccc(C)c2F)cc1C. The van der Waals surface area contributed by atoms with Gasteiger partial charge >= 0.3 is 0 Å². The van der Waals surface area contributed by atoms with Crippen LogP contribution >= 0.6 is 0 Å². The Balaban J connectivity index is 2.30. The lowest BCUT2D eigenvalue weighted by atomic mass is 10.1. The van der Waals surface area contributed by atoms with E-state index < -0.39 is 0 Å². The van der Waals surface area contributed by atoms with E-state index in [1.54, 1.807) is 19.1 Å². The molecule has 0 spiro atoms. The number of hydrogen-bond donors (Lipinski definition) is 1. The molecule has 23 heavy (non-hydrogen) atoms. The van der Waals surface area contributed by atoms with Crippen molar-refractivity contribution in [3.05, 3.63) is 52.8 Å². The molecule has 0 aliphatic carbocycles. The molecule has 0 aromatic heterocycles. The predicted molar refractivity (Wildman–Crippen MR) is 96.8 cm³/mol. The molecule has 0 bridgehead atoms. The van der Waals surface area contributed by atoms with Crippen molar-refractivity contribution < 1.29 is 4.39 Å². The monoisotopic (exact) mass is 313 g/mol. The van der Waals surface area contributed by atoms with Crippen molar-refractivity contribution in [1.29, 1.82) is 0 Å². The number of halogens is 1. The Morgan fingerprint density at radius 3 is 2.52 bits per heavy atom. The molecule has 0 aliphatic heterocycles. The van der Waals surface area contributed by atoms with E-state index in [2.05, 4.69) is 17.2 Å². The first-order valence-electron chi connectivity index (χ1n) is 7.80. The van der Waals surface area contributed by atoms with E-state index in [0.717, 1.165) is 29.0 Å². The first kappa shape index (κ1) is 17.0. The van der Waals surface area contributed by atoms with E-state index in [0.29, 0.717) is 11.3 Å². The minimum absolute atomic E-state index is 0.212. The second-order valence-electron chi connectivity index (χ2n) is 5.83. The Kier molecular flexibility index (Phi) is 5.37. The Hall–Kier alpha value is -2.36. The zero-order valence-electron chi connectivity index (χ0n) is 14.4. The number of nitrogens with zero attached hydrogens (tertiary/aromatic N) is 2. The van der Waals surface area contributed by atoms with Gasteiger partial charge < -0.3 is 10.2 Å². The summed E-state index contributed by atoms with van der Waals surface area (Å²) >= 11 is 0. The summed E-state index contributed by atoms with van der Waals surface area (Å²) < 4.78 is 14.2. The maximum atomic E-state index is 14.2. The highest BCUT2D eigenvalue weighted by molar-refractivity contribution is 5.71. The molecule has 0 unspecified atom stereocenters. The van der Waals surface area contributed by atoms with E-state index >= 15 is 0 Å². The van der Waals surface area contributed by atoms with Crippen molar-refractivity contribution in [1.82, 2.24) is 4.90 Å². The molecule has 0 aliphatic rings. The zero-order valence-corrected chi connectivity index (χ0v) is 14.4. The highest BCUT2D eigenvalue weighted by atomic mass is 19.1. The number of anilines is 2. The van der Waals surface area contributed by atoms with Crippen molar-refractivity contribution in [3.8, 4) is 0 Å². The Morgan fingerprint density at radius 2 is 1.83 bits per heavy atom. The van der Waals surface area contributed by atoms with E-state index in [1.807, 2.05) is 50.3 Å². The molecule has 0 fully saturated rings. The zero-order chi connectivity index (χ0) is 17.0. The van der Waals surface area contributed by atoms with Crippen molar-refractivity contribution in [2.24, 2.45) is 4.99 Å². The summed E-state index contributed by atoms with van der Waals surface area (Å²) in [5, 5.41) is 3.19. The summed E-state index contributed by atoms with van der Waals surface area (Å²) in [4.78, 5) is 6.53. The number of hydrogen-bond acceptors (Lipinski definition) is 2. The second kappa shape index (κ2) is 7.27. The Morgan fingerprint density at radius 1 is 1.09 bits per heavy atom. The first-order valence-corrected chi connectivity index (χ1v) is 7.80. The molecule has 2 aromatic rings. The molecule has 0 radical (unpaired) electrons. The van der Waals surface area contributed by atoms with Gasteiger partial charge in [-0.1, -0.05) is 12.1 Å². The molecule has 0 saturated heterocycles. The topological polar surface area (TPSA) is 27.6 Å². The van der Waals surface area contributed by atoms with Crippen molar-refractivity contribution >= 4 is 23.4 Å². The van der Waals surface area contributed by atoms with Crippen LogP contribution in [0.3, 0.4) is 0 Å². The maximum Gasteiger partial charge on any atom is 0.149 e. The van der Waals surface area contributed by atoms with Gasteiger partial charge in [-0.2, -0.15) is 0 Å². The largest absolute Gasteiger partial charge is 0.366 e. The highest BCUT2D eigenvalue weighted by Crippen LogP contribution is 2.30. The van der Waals surface area contributed by atoms with Gasteiger partial charge in [0.1, 0.15) is 5.82 Å². The van der Waals surface area contributed by atoms with Gasteiger partial charge in [-0.05, 0) is 62.6 Å². The minimum atomic E-state index is -0.212. The summed E-state index contributed by atoms with van der Waals surface area (Å²) in [7, 11) is 1.99. The van der Waals surface area contributed by atoms with Crippen molar-refractivity contribution in [2.45, 2.75) is 27.7 Å². The molecule has 0 heterocycles. The van der Waals surface area contributed by atoms with E-state index in [9.17, 15) is 4.39 Å². The molecule has 122 valence electrons. The van der Waals surface area contributed by atoms with E-state index in [1.165, 1.54) is 0 Å². The normalized spacial score (nSPS) is 11.0. The molecule has 2 rings (SSSR count). The number of aliphatic imine (C=N–C) groups is 1. The van der Waals surface area contributed by atoms with E-state index in [-0.39, 0.29) is 5.82 Å². The van der Waals surface area contributed by atoms with Gasteiger partial charge in [0.15, 0.2) is 0 Å². The molecule has 2 aromatic carbocycles. The summed E-state index contributed by atoms with van der Waals surface area (Å²) in [6.07, 6.45) is 1.83. The van der Waals surface area contributed by atoms with Gasteiger partial charge in [0.05, 0.1) is 17.7 Å². The highest BCUT2D eigenvalue weighted by Gasteiger charge is 2.08. The molecule has 0 atom stereocenters. The van der Waals surface area contributed by atoms with Gasteiger partial charge in [0, 0.05) is 19.3 Å². The van der Waals surface area contributed by atoms with Crippen LogP contribution in [0.4, 0.5) is 21.5 Å². The average Bonchev–Trinajstić information content (AvgIpc) is 2.53. The van der Waals surface area contributed by atoms with Crippen LogP contribution in [0.1, 0.15) is 23.6 Å². The standard InChI is InChI=1S/C19H24FN3/c1-6-23(5)12-21-17-10-15(4)18(11-14(17)3)22-16-9-7-8-13(2)19(16)20/h7-12,22H,6H2,1-5H3. The van der Waals surface area contributed by atoms with Crippen molar-refractivity contribution in [2.75, 3.05) is 18.9 Å². The molecule has 0 saturated carbocycles. The average molecular weight is 313 g/mol. The molecule has 0 amide bonds. The lowest BCUT2D eigenvalue weighted by molar-refractivity contribution is 0.552. The van der Waals surface area contributed by atoms with Gasteiger partial charge in [-0.25, -0.2) is 9.38 Å². The quantitative estimate of drug-likeness (QED) is 0.614. The van der Waals surface area contributed by atoms with Crippen molar-refractivity contribution in [3.63, 3.8) is 0 Å². The summed E-state index contributed by atoms with van der Waals surface area (Å²) in [5.74, 6) is -0.212. The fourth-order valence-corrected chi connectivity index (χ4v) is 2.21. The molecule has 3 nitrogen and oxygen atoms in total. The molecular weight excluding hydrogens is 289 g/mol. The third kappa shape index (κ3) is 4.09. The van der Waals surface area contributed by atoms with Crippen LogP contribution in [-0.4, -0.2) is 24.8 Å². The Bertz CT molecular complexity index is 723. The number of aryl methyl sites for hydroxylation is 3. The van der Waals surface area contributed by atoms with Crippen LogP contribution in [0.2, 0.25) is 0 Å². The fourth-order valence-electron chi connectivity index (χ4n) is 2.21. The lowest BCUT2D eigenvalue weighted by Gasteiger charge is -2.14. The van der Waals surface area contributed by atoms with Gasteiger partial charge in [0.2, 0.25) is 0 Å².